The van der Waals surface area contributed by atoms with Crippen LogP contribution in [-0.4, -0.2) is 35.4 Å². The molecule has 0 atom stereocenters. The molecule has 0 unspecified atom stereocenters. The van der Waals surface area contributed by atoms with Crippen molar-refractivity contribution in [3.05, 3.63) is 62.6 Å². The average Bonchev–Trinajstić information content (AvgIpc) is 3.06. The first kappa shape index (κ1) is 20.9. The molecule has 1 aromatic heterocycles. The zero-order valence-corrected chi connectivity index (χ0v) is 19.1. The van der Waals surface area contributed by atoms with Gasteiger partial charge in [0.2, 0.25) is 10.0 Å². The summed E-state index contributed by atoms with van der Waals surface area (Å²) in [6, 6.07) is 7.62. The Morgan fingerprint density at radius 3 is 2.00 bits per heavy atom. The Labute approximate surface area is 177 Å². The Morgan fingerprint density at radius 1 is 0.867 bits per heavy atom. The van der Waals surface area contributed by atoms with Crippen LogP contribution in [0.4, 0.5) is 0 Å². The standard InChI is InChI=1S/C23H29N3O3S/c1-14-15(2)17(4)22(18(5)16(14)3)30(28,29)25-12-10-19(11-13-25)26-21-9-7-6-8-20(21)24-23(26)27/h6-9,19H,10-13H2,1-5H3,(H,24,27). The van der Waals surface area contributed by atoms with Crippen LogP contribution < -0.4 is 5.69 Å². The molecular weight excluding hydrogens is 398 g/mol. The number of sulfonamides is 1. The van der Waals surface area contributed by atoms with E-state index in [0.717, 1.165) is 38.9 Å². The molecule has 0 bridgehead atoms. The summed E-state index contributed by atoms with van der Waals surface area (Å²) < 4.78 is 30.5. The number of aromatic nitrogens is 2. The lowest BCUT2D eigenvalue weighted by Crippen LogP contribution is -2.41. The third-order valence-corrected chi connectivity index (χ3v) is 9.11. The molecule has 0 spiro atoms. The Kier molecular flexibility index (Phi) is 5.14. The van der Waals surface area contributed by atoms with E-state index in [1.807, 2.05) is 58.9 Å². The number of rotatable bonds is 3. The summed E-state index contributed by atoms with van der Waals surface area (Å²) in [4.78, 5) is 15.9. The van der Waals surface area contributed by atoms with Crippen LogP contribution in [0.5, 0.6) is 0 Å². The Balaban J connectivity index is 1.65. The van der Waals surface area contributed by atoms with Gasteiger partial charge in [-0.1, -0.05) is 12.1 Å². The van der Waals surface area contributed by atoms with Gasteiger partial charge in [-0.25, -0.2) is 13.2 Å². The lowest BCUT2D eigenvalue weighted by atomic mass is 9.95. The first-order chi connectivity index (χ1) is 14.1. The Hall–Kier alpha value is -2.38. The van der Waals surface area contributed by atoms with Crippen LogP contribution in [-0.2, 0) is 10.0 Å². The molecule has 160 valence electrons. The lowest BCUT2D eigenvalue weighted by Gasteiger charge is -2.33. The summed E-state index contributed by atoms with van der Waals surface area (Å²) in [5.74, 6) is 0. The van der Waals surface area contributed by atoms with Crippen molar-refractivity contribution in [2.24, 2.45) is 0 Å². The van der Waals surface area contributed by atoms with Crippen LogP contribution in [0.15, 0.2) is 34.0 Å². The molecule has 2 heterocycles. The lowest BCUT2D eigenvalue weighted by molar-refractivity contribution is 0.274. The number of fused-ring (bicyclic) bond motifs is 1. The molecule has 2 aromatic carbocycles. The molecule has 0 radical (unpaired) electrons. The minimum Gasteiger partial charge on any atom is -0.306 e. The molecule has 1 saturated heterocycles. The second kappa shape index (κ2) is 7.39. The van der Waals surface area contributed by atoms with Gasteiger partial charge in [0, 0.05) is 19.1 Å². The maximum absolute atomic E-state index is 13.6. The summed E-state index contributed by atoms with van der Waals surface area (Å²) in [6.07, 6.45) is 1.23. The number of hydrogen-bond acceptors (Lipinski definition) is 3. The molecule has 7 heteroatoms. The van der Waals surface area contributed by atoms with E-state index in [9.17, 15) is 13.2 Å². The van der Waals surface area contributed by atoms with Crippen LogP contribution in [0.1, 0.15) is 46.7 Å². The van der Waals surface area contributed by atoms with E-state index in [-0.39, 0.29) is 11.7 Å². The van der Waals surface area contributed by atoms with E-state index in [0.29, 0.717) is 30.8 Å². The highest BCUT2D eigenvalue weighted by atomic mass is 32.2. The number of aromatic amines is 1. The van der Waals surface area contributed by atoms with Crippen LogP contribution in [0, 0.1) is 34.6 Å². The van der Waals surface area contributed by atoms with Gasteiger partial charge < -0.3 is 4.98 Å². The number of hydrogen-bond donors (Lipinski definition) is 1. The van der Waals surface area contributed by atoms with E-state index in [2.05, 4.69) is 4.98 Å². The quantitative estimate of drug-likeness (QED) is 0.689. The molecule has 4 rings (SSSR count). The maximum Gasteiger partial charge on any atom is 0.326 e. The van der Waals surface area contributed by atoms with E-state index in [1.165, 1.54) is 0 Å². The first-order valence-corrected chi connectivity index (χ1v) is 11.8. The summed E-state index contributed by atoms with van der Waals surface area (Å²) in [7, 11) is -3.59. The first-order valence-electron chi connectivity index (χ1n) is 10.4. The molecule has 1 N–H and O–H groups in total. The van der Waals surface area contributed by atoms with Crippen LogP contribution >= 0.6 is 0 Å². The normalized spacial score (nSPS) is 16.4. The van der Waals surface area contributed by atoms with Gasteiger partial charge in [-0.2, -0.15) is 4.31 Å². The Bertz CT molecular complexity index is 1260. The second-order valence-electron chi connectivity index (χ2n) is 8.41. The number of nitrogens with zero attached hydrogens (tertiary/aromatic N) is 2. The fraction of sp³-hybridized carbons (Fsp3) is 0.435. The highest BCUT2D eigenvalue weighted by Gasteiger charge is 2.34. The third kappa shape index (κ3) is 3.11. The minimum atomic E-state index is -3.59. The van der Waals surface area contributed by atoms with Gasteiger partial charge in [0.05, 0.1) is 15.9 Å². The molecule has 0 saturated carbocycles. The van der Waals surface area contributed by atoms with E-state index < -0.39 is 10.0 Å². The van der Waals surface area contributed by atoms with Crippen molar-refractivity contribution in [2.75, 3.05) is 13.1 Å². The minimum absolute atomic E-state index is 0.0104. The van der Waals surface area contributed by atoms with Crippen LogP contribution in [0.25, 0.3) is 11.0 Å². The van der Waals surface area contributed by atoms with E-state index in [1.54, 1.807) is 8.87 Å². The molecule has 1 aliphatic rings. The smallest absolute Gasteiger partial charge is 0.306 e. The molecule has 6 nitrogen and oxygen atoms in total. The topological polar surface area (TPSA) is 75.2 Å². The number of para-hydroxylation sites is 2. The monoisotopic (exact) mass is 427 g/mol. The van der Waals surface area contributed by atoms with Gasteiger partial charge in [0.15, 0.2) is 0 Å². The molecule has 0 amide bonds. The molecule has 0 aliphatic carbocycles. The van der Waals surface area contributed by atoms with E-state index >= 15 is 0 Å². The zero-order chi connectivity index (χ0) is 21.8. The van der Waals surface area contributed by atoms with Crippen molar-refractivity contribution in [3.63, 3.8) is 0 Å². The summed E-state index contributed by atoms with van der Waals surface area (Å²) in [5, 5.41) is 0. The molecule has 30 heavy (non-hydrogen) atoms. The van der Waals surface area contributed by atoms with Crippen LogP contribution in [0.2, 0.25) is 0 Å². The fourth-order valence-corrected chi connectivity index (χ4v) is 6.79. The van der Waals surface area contributed by atoms with Gasteiger partial charge >= 0.3 is 5.69 Å². The summed E-state index contributed by atoms with van der Waals surface area (Å²) in [5.41, 5.74) is 6.47. The van der Waals surface area contributed by atoms with E-state index in [4.69, 9.17) is 0 Å². The number of nitrogens with one attached hydrogen (secondary N) is 1. The fourth-order valence-electron chi connectivity index (χ4n) is 4.76. The van der Waals surface area contributed by atoms with Crippen molar-refractivity contribution in [2.45, 2.75) is 58.4 Å². The van der Waals surface area contributed by atoms with Crippen molar-refractivity contribution in [1.29, 1.82) is 0 Å². The number of H-pyrrole nitrogens is 1. The van der Waals surface area contributed by atoms with Crippen molar-refractivity contribution in [1.82, 2.24) is 13.9 Å². The molecular formula is C23H29N3O3S. The maximum atomic E-state index is 13.6. The number of piperidine rings is 1. The van der Waals surface area contributed by atoms with Gasteiger partial charge in [-0.3, -0.25) is 4.57 Å². The summed E-state index contributed by atoms with van der Waals surface area (Å²) in [6.45, 7) is 10.6. The van der Waals surface area contributed by atoms with Gasteiger partial charge in [0.25, 0.3) is 0 Å². The van der Waals surface area contributed by atoms with Gasteiger partial charge in [0.1, 0.15) is 0 Å². The van der Waals surface area contributed by atoms with Crippen molar-refractivity contribution >= 4 is 21.1 Å². The van der Waals surface area contributed by atoms with Crippen molar-refractivity contribution < 1.29 is 8.42 Å². The predicted octanol–water partition coefficient (Wildman–Crippen LogP) is 3.90. The largest absolute Gasteiger partial charge is 0.326 e. The summed E-state index contributed by atoms with van der Waals surface area (Å²) >= 11 is 0. The molecule has 1 fully saturated rings. The SMILES string of the molecule is Cc1c(C)c(C)c(S(=O)(=O)N2CCC(n3c(=O)[nH]c4ccccc43)CC2)c(C)c1C. The number of imidazole rings is 1. The molecule has 1 aliphatic heterocycles. The highest BCUT2D eigenvalue weighted by molar-refractivity contribution is 7.89. The highest BCUT2D eigenvalue weighted by Crippen LogP contribution is 2.34. The Morgan fingerprint density at radius 2 is 1.40 bits per heavy atom. The number of benzene rings is 2. The van der Waals surface area contributed by atoms with Crippen LogP contribution in [0.3, 0.4) is 0 Å². The van der Waals surface area contributed by atoms with Crippen molar-refractivity contribution in [3.8, 4) is 0 Å². The van der Waals surface area contributed by atoms with Gasteiger partial charge in [-0.15, -0.1) is 0 Å². The predicted molar refractivity (Wildman–Crippen MR) is 120 cm³/mol. The molecule has 3 aromatic rings. The van der Waals surface area contributed by atoms with Gasteiger partial charge in [-0.05, 0) is 87.4 Å². The third-order valence-electron chi connectivity index (χ3n) is 6.94. The second-order valence-corrected chi connectivity index (χ2v) is 10.3. The zero-order valence-electron chi connectivity index (χ0n) is 18.2. The average molecular weight is 428 g/mol.